The van der Waals surface area contributed by atoms with Gasteiger partial charge in [0.1, 0.15) is 36.7 Å². The van der Waals surface area contributed by atoms with Crippen LogP contribution in [0.25, 0.3) is 0 Å². The molecule has 0 radical (unpaired) electrons. The van der Waals surface area contributed by atoms with Crippen LogP contribution in [0.2, 0.25) is 0 Å². The molecule has 1 fully saturated rings. The molecule has 1 aliphatic rings. The van der Waals surface area contributed by atoms with E-state index < -0.39 is 56.6 Å². The summed E-state index contributed by atoms with van der Waals surface area (Å²) in [7, 11) is 0. The first kappa shape index (κ1) is 22.6. The number of quaternary nitrogens is 1. The van der Waals surface area contributed by atoms with Crippen LogP contribution in [-0.2, 0) is 11.0 Å². The first-order valence-corrected chi connectivity index (χ1v) is 8.86. The van der Waals surface area contributed by atoms with Gasteiger partial charge in [-0.2, -0.15) is 13.2 Å². The lowest BCUT2D eigenvalue weighted by Crippen LogP contribution is -2.53. The van der Waals surface area contributed by atoms with Gasteiger partial charge in [0.15, 0.2) is 11.6 Å². The number of rotatable bonds is 6. The van der Waals surface area contributed by atoms with Gasteiger partial charge in [-0.25, -0.2) is 18.1 Å². The first-order chi connectivity index (χ1) is 14.3. The van der Waals surface area contributed by atoms with Crippen molar-refractivity contribution in [2.24, 2.45) is 0 Å². The summed E-state index contributed by atoms with van der Waals surface area (Å²) < 4.78 is 70.6. The molecular formula is C19H16F5N2O5+. The molecule has 0 aromatic heterocycles. The summed E-state index contributed by atoms with van der Waals surface area (Å²) in [5.41, 5.74) is -5.04. The van der Waals surface area contributed by atoms with E-state index in [4.69, 9.17) is 4.74 Å². The Bertz CT molecular complexity index is 1050. The van der Waals surface area contributed by atoms with Gasteiger partial charge in [-0.15, -0.1) is 0 Å². The number of ether oxygens (including phenoxy) is 1. The number of benzene rings is 2. The van der Waals surface area contributed by atoms with E-state index in [0.29, 0.717) is 18.2 Å². The summed E-state index contributed by atoms with van der Waals surface area (Å²) in [6.07, 6.45) is -5.03. The number of alkyl halides is 3. The van der Waals surface area contributed by atoms with E-state index in [0.717, 1.165) is 25.1 Å². The number of carbonyl (C=O) groups is 1. The second kappa shape index (κ2) is 7.54. The number of hydrogen-bond donors (Lipinski definition) is 1. The van der Waals surface area contributed by atoms with Gasteiger partial charge in [0, 0.05) is 24.3 Å². The normalized spacial score (nSPS) is 17.0. The fourth-order valence-corrected chi connectivity index (χ4v) is 3.17. The summed E-state index contributed by atoms with van der Waals surface area (Å²) in [5, 5.41) is 21.5. The van der Waals surface area contributed by atoms with E-state index in [1.54, 1.807) is 0 Å². The van der Waals surface area contributed by atoms with E-state index in [1.807, 2.05) is 0 Å². The molecule has 1 heterocycles. The van der Waals surface area contributed by atoms with Gasteiger partial charge < -0.3 is 9.84 Å². The van der Waals surface area contributed by atoms with E-state index in [1.165, 1.54) is 0 Å². The number of nitro benzene ring substituents is 1. The minimum atomic E-state index is -5.03. The predicted octanol–water partition coefficient (Wildman–Crippen LogP) is 3.57. The Kier molecular flexibility index (Phi) is 5.48. The van der Waals surface area contributed by atoms with Crippen molar-refractivity contribution in [2.75, 3.05) is 19.7 Å². The lowest BCUT2D eigenvalue weighted by atomic mass is 10.0. The van der Waals surface area contributed by atoms with Crippen molar-refractivity contribution in [2.45, 2.75) is 18.7 Å². The zero-order valence-electron chi connectivity index (χ0n) is 15.9. The van der Waals surface area contributed by atoms with Crippen molar-refractivity contribution in [3.63, 3.8) is 0 Å². The Morgan fingerprint density at radius 3 is 2.32 bits per heavy atom. The number of carbonyl (C=O) groups excluding carboxylic acids is 1. The third kappa shape index (κ3) is 4.35. The Morgan fingerprint density at radius 2 is 1.81 bits per heavy atom. The monoisotopic (exact) mass is 447 g/mol. The Balaban J connectivity index is 1.86. The highest BCUT2D eigenvalue weighted by atomic mass is 19.4. The second-order valence-electron chi connectivity index (χ2n) is 7.31. The van der Waals surface area contributed by atoms with Crippen molar-refractivity contribution < 1.29 is 41.5 Å². The molecule has 12 heteroatoms. The molecule has 2 aromatic rings. The average Bonchev–Trinajstić information content (AvgIpc) is 3.49. The molecule has 31 heavy (non-hydrogen) atoms. The lowest BCUT2D eigenvalue weighted by Gasteiger charge is -2.26. The molecule has 1 saturated heterocycles. The van der Waals surface area contributed by atoms with Crippen LogP contribution in [0.4, 0.5) is 33.3 Å². The maximum absolute atomic E-state index is 13.3. The number of amides is 1. The Morgan fingerprint density at radius 1 is 1.16 bits per heavy atom. The maximum Gasteiger partial charge on any atom is 0.423 e. The molecule has 0 aliphatic carbocycles. The van der Waals surface area contributed by atoms with Crippen LogP contribution < -0.4 is 9.22 Å². The standard InChI is InChI=1S/C19H16F5N2O5/c1-18(28,10-31-12-3-4-14(20)15(21)9-12)17(27)26(6-7-26)11-2-5-16(25(29)30)13(8-11)19(22,23)24/h2-5,8-9,28H,6-7,10H2,1H3/q+1/t18-/m0/s1. The number of halogens is 5. The van der Waals surface area contributed by atoms with Crippen molar-refractivity contribution >= 4 is 17.3 Å². The van der Waals surface area contributed by atoms with Crippen LogP contribution in [0.1, 0.15) is 12.5 Å². The summed E-state index contributed by atoms with van der Waals surface area (Å²) in [6, 6.07) is 4.79. The highest BCUT2D eigenvalue weighted by Gasteiger charge is 2.59. The molecular weight excluding hydrogens is 431 g/mol. The van der Waals surface area contributed by atoms with E-state index in [2.05, 4.69) is 0 Å². The van der Waals surface area contributed by atoms with Crippen LogP contribution in [0.5, 0.6) is 5.75 Å². The van der Waals surface area contributed by atoms with Crippen LogP contribution in [-0.4, -0.2) is 41.2 Å². The van der Waals surface area contributed by atoms with E-state index in [9.17, 15) is 42.0 Å². The van der Waals surface area contributed by atoms with Crippen molar-refractivity contribution in [3.05, 3.63) is 63.7 Å². The summed E-state index contributed by atoms with van der Waals surface area (Å²) >= 11 is 0. The number of nitro groups is 1. The molecule has 166 valence electrons. The van der Waals surface area contributed by atoms with Crippen molar-refractivity contribution in [1.29, 1.82) is 0 Å². The molecule has 7 nitrogen and oxygen atoms in total. The van der Waals surface area contributed by atoms with Crippen LogP contribution in [0.15, 0.2) is 36.4 Å². The quantitative estimate of drug-likeness (QED) is 0.241. The van der Waals surface area contributed by atoms with Crippen LogP contribution >= 0.6 is 0 Å². The second-order valence-corrected chi connectivity index (χ2v) is 7.31. The lowest BCUT2D eigenvalue weighted by molar-refractivity contribution is -0.388. The smallest absolute Gasteiger partial charge is 0.423 e. The zero-order chi connectivity index (χ0) is 23.2. The molecule has 0 bridgehead atoms. The number of aliphatic hydroxyl groups is 1. The van der Waals surface area contributed by atoms with Gasteiger partial charge >= 0.3 is 12.1 Å². The molecule has 1 atom stereocenters. The molecule has 0 saturated carbocycles. The fraction of sp³-hybridized carbons (Fsp3) is 0.316. The molecule has 1 N–H and O–H groups in total. The minimum Gasteiger partial charge on any atom is -0.490 e. The Labute approximate surface area is 172 Å². The molecule has 1 aliphatic heterocycles. The highest BCUT2D eigenvalue weighted by Crippen LogP contribution is 2.43. The zero-order valence-corrected chi connectivity index (χ0v) is 15.9. The first-order valence-electron chi connectivity index (χ1n) is 8.86. The fourth-order valence-electron chi connectivity index (χ4n) is 3.17. The summed E-state index contributed by atoms with van der Waals surface area (Å²) in [4.78, 5) is 22.7. The molecule has 2 aromatic carbocycles. The summed E-state index contributed by atoms with van der Waals surface area (Å²) in [6.45, 7) is 0.518. The molecule has 0 spiro atoms. The van der Waals surface area contributed by atoms with Crippen molar-refractivity contribution in [3.8, 4) is 5.75 Å². The van der Waals surface area contributed by atoms with E-state index >= 15 is 0 Å². The average molecular weight is 447 g/mol. The van der Waals surface area contributed by atoms with Crippen LogP contribution in [0.3, 0.4) is 0 Å². The van der Waals surface area contributed by atoms with Gasteiger partial charge in [0.2, 0.25) is 5.60 Å². The third-order valence-corrected chi connectivity index (χ3v) is 4.91. The molecule has 1 amide bonds. The van der Waals surface area contributed by atoms with Gasteiger partial charge in [0.05, 0.1) is 4.92 Å². The predicted molar refractivity (Wildman–Crippen MR) is 97.1 cm³/mol. The SMILES string of the molecule is C[C@](O)(COc1ccc(F)c(F)c1)C(=O)[N+]1(c2ccc([N+](=O)[O-])c(C(F)(F)F)c2)CC1. The van der Waals surface area contributed by atoms with Gasteiger partial charge in [-0.05, 0) is 19.1 Å². The number of hydrogen-bond acceptors (Lipinski definition) is 5. The summed E-state index contributed by atoms with van der Waals surface area (Å²) in [5.74, 6) is -3.40. The molecule has 3 rings (SSSR count). The van der Waals surface area contributed by atoms with Crippen LogP contribution in [0, 0.1) is 21.7 Å². The maximum atomic E-state index is 13.3. The topological polar surface area (TPSA) is 89.7 Å². The van der Waals surface area contributed by atoms with Gasteiger partial charge in [-0.3, -0.25) is 10.1 Å². The van der Waals surface area contributed by atoms with Gasteiger partial charge in [0.25, 0.3) is 5.69 Å². The largest absolute Gasteiger partial charge is 0.490 e. The highest BCUT2D eigenvalue weighted by molar-refractivity contribution is 5.97. The third-order valence-electron chi connectivity index (χ3n) is 4.91. The van der Waals surface area contributed by atoms with Gasteiger partial charge in [-0.1, -0.05) is 0 Å². The minimum absolute atomic E-state index is 0.0647. The Hall–Kier alpha value is -3.12. The van der Waals surface area contributed by atoms with Crippen molar-refractivity contribution in [1.82, 2.24) is 4.48 Å². The molecule has 0 unspecified atom stereocenters. The van der Waals surface area contributed by atoms with E-state index in [-0.39, 0.29) is 24.5 Å². The number of nitrogens with zero attached hydrogens (tertiary/aromatic N) is 2.